The maximum absolute atomic E-state index is 5.98. The van der Waals surface area contributed by atoms with Gasteiger partial charge in [-0.25, -0.2) is 4.98 Å². The molecule has 0 radical (unpaired) electrons. The molecule has 0 atom stereocenters. The van der Waals surface area contributed by atoms with Crippen LogP contribution in [-0.2, 0) is 0 Å². The van der Waals surface area contributed by atoms with Crippen LogP contribution in [0.25, 0.3) is 11.2 Å². The minimum atomic E-state index is 0.248. The number of fused-ring (bicyclic) bond motifs is 1. The van der Waals surface area contributed by atoms with Gasteiger partial charge in [0.2, 0.25) is 5.28 Å². The number of aromatic amines is 1. The van der Waals surface area contributed by atoms with Gasteiger partial charge in [-0.2, -0.15) is 9.97 Å². The van der Waals surface area contributed by atoms with E-state index < -0.39 is 0 Å². The molecule has 0 amide bonds. The van der Waals surface area contributed by atoms with Crippen LogP contribution in [-0.4, -0.2) is 33.0 Å². The molecule has 6 heteroatoms. The number of rotatable bonds is 6. The molecule has 1 N–H and O–H groups in total. The van der Waals surface area contributed by atoms with Crippen LogP contribution in [0.2, 0.25) is 5.28 Å². The molecule has 0 saturated carbocycles. The largest absolute Gasteiger partial charge is 0.355 e. The Morgan fingerprint density at radius 2 is 2.00 bits per heavy atom. The van der Waals surface area contributed by atoms with E-state index in [0.717, 1.165) is 37.3 Å². The first-order chi connectivity index (χ1) is 9.19. The molecule has 0 aromatic carbocycles. The van der Waals surface area contributed by atoms with Crippen molar-refractivity contribution in [3.63, 3.8) is 0 Å². The molecule has 0 aliphatic carbocycles. The van der Waals surface area contributed by atoms with Crippen molar-refractivity contribution >= 4 is 28.6 Å². The zero-order valence-corrected chi connectivity index (χ0v) is 12.4. The summed E-state index contributed by atoms with van der Waals surface area (Å²) in [7, 11) is 0. The van der Waals surface area contributed by atoms with Crippen molar-refractivity contribution in [1.29, 1.82) is 0 Å². The van der Waals surface area contributed by atoms with E-state index in [4.69, 9.17) is 11.6 Å². The number of nitrogens with zero attached hydrogens (tertiary/aromatic N) is 4. The fourth-order valence-corrected chi connectivity index (χ4v) is 2.40. The second-order valence-electron chi connectivity index (χ2n) is 4.64. The van der Waals surface area contributed by atoms with E-state index in [2.05, 4.69) is 45.6 Å². The lowest BCUT2D eigenvalue weighted by Crippen LogP contribution is -2.30. The quantitative estimate of drug-likeness (QED) is 0.826. The molecule has 2 aromatic rings. The van der Waals surface area contributed by atoms with Crippen LogP contribution < -0.4 is 4.90 Å². The number of halogens is 1. The van der Waals surface area contributed by atoms with Gasteiger partial charge in [0.25, 0.3) is 0 Å². The van der Waals surface area contributed by atoms with Gasteiger partial charge in [0.1, 0.15) is 5.52 Å². The van der Waals surface area contributed by atoms with Crippen molar-refractivity contribution < 1.29 is 0 Å². The Bertz CT molecular complexity index is 535. The molecular formula is C13H20ClN5. The maximum Gasteiger partial charge on any atom is 0.226 e. The number of hydrogen-bond acceptors (Lipinski definition) is 4. The van der Waals surface area contributed by atoms with Crippen LogP contribution in [0.15, 0.2) is 6.33 Å². The summed E-state index contributed by atoms with van der Waals surface area (Å²) < 4.78 is 0. The maximum atomic E-state index is 5.98. The van der Waals surface area contributed by atoms with Gasteiger partial charge in [-0.15, -0.1) is 0 Å². The SMILES string of the molecule is CCC(CC)CN(CC)c1nc(Cl)nc2nc[nH]c12. The molecule has 0 fully saturated rings. The average Bonchev–Trinajstić information content (AvgIpc) is 2.87. The first-order valence-electron chi connectivity index (χ1n) is 6.81. The highest BCUT2D eigenvalue weighted by molar-refractivity contribution is 6.28. The highest BCUT2D eigenvalue weighted by atomic mass is 35.5. The number of nitrogens with one attached hydrogen (secondary N) is 1. The molecule has 0 aliphatic rings. The molecule has 0 bridgehead atoms. The molecule has 104 valence electrons. The Kier molecular flexibility index (Phi) is 4.58. The fraction of sp³-hybridized carbons (Fsp3) is 0.615. The molecule has 2 aromatic heterocycles. The van der Waals surface area contributed by atoms with Gasteiger partial charge in [-0.1, -0.05) is 26.7 Å². The predicted octanol–water partition coefficient (Wildman–Crippen LogP) is 3.27. The van der Waals surface area contributed by atoms with E-state index in [1.165, 1.54) is 0 Å². The van der Waals surface area contributed by atoms with Gasteiger partial charge in [-0.05, 0) is 24.4 Å². The van der Waals surface area contributed by atoms with Gasteiger partial charge in [0.05, 0.1) is 6.33 Å². The zero-order chi connectivity index (χ0) is 13.8. The highest BCUT2D eigenvalue weighted by Crippen LogP contribution is 2.24. The van der Waals surface area contributed by atoms with Crippen molar-refractivity contribution in [3.05, 3.63) is 11.6 Å². The van der Waals surface area contributed by atoms with E-state index >= 15 is 0 Å². The predicted molar refractivity (Wildman–Crippen MR) is 78.7 cm³/mol. The average molecular weight is 282 g/mol. The summed E-state index contributed by atoms with van der Waals surface area (Å²) in [5.41, 5.74) is 1.48. The third-order valence-electron chi connectivity index (χ3n) is 3.55. The van der Waals surface area contributed by atoms with Gasteiger partial charge in [0, 0.05) is 13.1 Å². The summed E-state index contributed by atoms with van der Waals surface area (Å²) in [6, 6.07) is 0. The van der Waals surface area contributed by atoms with Crippen LogP contribution in [0.3, 0.4) is 0 Å². The smallest absolute Gasteiger partial charge is 0.226 e. The molecular weight excluding hydrogens is 262 g/mol. The van der Waals surface area contributed by atoms with Crippen molar-refractivity contribution in [2.45, 2.75) is 33.6 Å². The minimum Gasteiger partial charge on any atom is -0.355 e. The Morgan fingerprint density at radius 3 is 2.63 bits per heavy atom. The van der Waals surface area contributed by atoms with Crippen molar-refractivity contribution in [1.82, 2.24) is 19.9 Å². The number of anilines is 1. The van der Waals surface area contributed by atoms with E-state index in [1.807, 2.05) is 0 Å². The van der Waals surface area contributed by atoms with Crippen LogP contribution in [0.1, 0.15) is 33.6 Å². The first kappa shape index (κ1) is 14.1. The van der Waals surface area contributed by atoms with E-state index in [1.54, 1.807) is 6.33 Å². The molecule has 0 saturated heterocycles. The lowest BCUT2D eigenvalue weighted by atomic mass is 10.0. The number of hydrogen-bond donors (Lipinski definition) is 1. The third-order valence-corrected chi connectivity index (χ3v) is 3.72. The van der Waals surface area contributed by atoms with Gasteiger partial charge >= 0.3 is 0 Å². The summed E-state index contributed by atoms with van der Waals surface area (Å²) in [5, 5.41) is 0.248. The normalized spacial score (nSPS) is 11.4. The first-order valence-corrected chi connectivity index (χ1v) is 7.18. The number of aromatic nitrogens is 4. The van der Waals surface area contributed by atoms with E-state index in [0.29, 0.717) is 11.6 Å². The monoisotopic (exact) mass is 281 g/mol. The summed E-state index contributed by atoms with van der Waals surface area (Å²) in [6.07, 6.45) is 3.96. The van der Waals surface area contributed by atoms with Crippen LogP contribution in [0, 0.1) is 5.92 Å². The molecule has 2 rings (SSSR count). The van der Waals surface area contributed by atoms with Crippen LogP contribution >= 0.6 is 11.6 Å². The third kappa shape index (κ3) is 2.97. The summed E-state index contributed by atoms with van der Waals surface area (Å²) in [6.45, 7) is 8.44. The second kappa shape index (κ2) is 6.19. The number of imidazole rings is 1. The van der Waals surface area contributed by atoms with E-state index in [9.17, 15) is 0 Å². The highest BCUT2D eigenvalue weighted by Gasteiger charge is 2.17. The molecule has 0 unspecified atom stereocenters. The molecule has 2 heterocycles. The van der Waals surface area contributed by atoms with Crippen molar-refractivity contribution in [3.8, 4) is 0 Å². The minimum absolute atomic E-state index is 0.248. The van der Waals surface area contributed by atoms with Gasteiger partial charge in [-0.3, -0.25) is 0 Å². The Morgan fingerprint density at radius 1 is 1.26 bits per heavy atom. The van der Waals surface area contributed by atoms with Crippen molar-refractivity contribution in [2.24, 2.45) is 5.92 Å². The van der Waals surface area contributed by atoms with Crippen LogP contribution in [0.5, 0.6) is 0 Å². The number of H-pyrrole nitrogens is 1. The standard InChI is InChI=1S/C13H20ClN5/c1-4-9(5-2)7-19(6-3)12-10-11(16-8-15-10)17-13(14)18-12/h8-9H,4-7H2,1-3H3,(H,15,16,17,18). The molecule has 0 aliphatic heterocycles. The Balaban J connectivity index is 2.36. The van der Waals surface area contributed by atoms with Crippen LogP contribution in [0.4, 0.5) is 5.82 Å². The molecule has 19 heavy (non-hydrogen) atoms. The topological polar surface area (TPSA) is 57.7 Å². The Labute approximate surface area is 118 Å². The summed E-state index contributed by atoms with van der Waals surface area (Å²) in [4.78, 5) is 18.0. The van der Waals surface area contributed by atoms with Gasteiger partial charge < -0.3 is 9.88 Å². The molecule has 0 spiro atoms. The summed E-state index contributed by atoms with van der Waals surface area (Å²) >= 11 is 5.98. The molecule has 5 nitrogen and oxygen atoms in total. The lowest BCUT2D eigenvalue weighted by molar-refractivity contribution is 0.485. The summed E-state index contributed by atoms with van der Waals surface area (Å²) in [5.74, 6) is 1.51. The van der Waals surface area contributed by atoms with Gasteiger partial charge in [0.15, 0.2) is 11.5 Å². The lowest BCUT2D eigenvalue weighted by Gasteiger charge is -2.26. The second-order valence-corrected chi connectivity index (χ2v) is 4.98. The zero-order valence-electron chi connectivity index (χ0n) is 11.6. The Hall–Kier alpha value is -1.36. The fourth-order valence-electron chi connectivity index (χ4n) is 2.24. The van der Waals surface area contributed by atoms with Crippen molar-refractivity contribution in [2.75, 3.05) is 18.0 Å². The van der Waals surface area contributed by atoms with E-state index in [-0.39, 0.29) is 5.28 Å².